The van der Waals surface area contributed by atoms with E-state index in [1.165, 1.54) is 6.42 Å². The van der Waals surface area contributed by atoms with Gasteiger partial charge in [-0.15, -0.1) is 0 Å². The number of nitrogens with zero attached hydrogens (tertiary/aromatic N) is 2. The minimum absolute atomic E-state index is 0.292. The summed E-state index contributed by atoms with van der Waals surface area (Å²) in [7, 11) is 1.56. The minimum Gasteiger partial charge on any atom is -0.497 e. The van der Waals surface area contributed by atoms with Crippen molar-refractivity contribution in [3.8, 4) is 5.75 Å². The van der Waals surface area contributed by atoms with Gasteiger partial charge in [0.25, 0.3) is 5.91 Å². The van der Waals surface area contributed by atoms with Gasteiger partial charge in [0, 0.05) is 15.6 Å². The second-order valence-corrected chi connectivity index (χ2v) is 8.82. The van der Waals surface area contributed by atoms with Gasteiger partial charge >= 0.3 is 0 Å². The lowest BCUT2D eigenvalue weighted by atomic mass is 9.88. The molecular weight excluding hydrogens is 448 g/mol. The van der Waals surface area contributed by atoms with E-state index in [0.29, 0.717) is 29.2 Å². The summed E-state index contributed by atoms with van der Waals surface area (Å²) in [4.78, 5) is 30.2. The van der Waals surface area contributed by atoms with Crippen LogP contribution in [0.15, 0.2) is 46.9 Å². The quantitative estimate of drug-likeness (QED) is 0.648. The maximum absolute atomic E-state index is 13.4. The molecule has 1 atom stereocenters. The van der Waals surface area contributed by atoms with Crippen LogP contribution in [0.5, 0.6) is 5.75 Å². The summed E-state index contributed by atoms with van der Waals surface area (Å²) in [6.45, 7) is 2.28. The Labute approximate surface area is 184 Å². The van der Waals surface area contributed by atoms with Crippen molar-refractivity contribution in [1.29, 1.82) is 0 Å². The molecule has 0 bridgehead atoms. The molecule has 1 fully saturated rings. The highest BCUT2D eigenvalue weighted by atomic mass is 79.9. The first-order valence-corrected chi connectivity index (χ1v) is 11.0. The molecule has 1 amide bonds. The highest BCUT2D eigenvalue weighted by Gasteiger charge is 2.51. The van der Waals surface area contributed by atoms with Crippen molar-refractivity contribution in [1.82, 2.24) is 4.90 Å². The number of rotatable bonds is 6. The SMILES string of the molecule is COc1ccc(C(=O)C[C@]2(O)C(=O)N(CN3CCCCC3)c3ccc(Br)cc32)cc1. The Morgan fingerprint density at radius 1 is 1.13 bits per heavy atom. The van der Waals surface area contributed by atoms with Gasteiger partial charge < -0.3 is 9.84 Å². The van der Waals surface area contributed by atoms with Crippen LogP contribution in [0, 0.1) is 0 Å². The Morgan fingerprint density at radius 2 is 1.83 bits per heavy atom. The summed E-state index contributed by atoms with van der Waals surface area (Å²) in [5.74, 6) is -0.0912. The molecule has 1 N–H and O–H groups in total. The van der Waals surface area contributed by atoms with Crippen molar-refractivity contribution in [2.75, 3.05) is 31.8 Å². The number of ether oxygens (including phenoxy) is 1. The molecule has 30 heavy (non-hydrogen) atoms. The minimum atomic E-state index is -1.88. The number of carbonyl (C=O) groups excluding carboxylic acids is 2. The normalized spacial score (nSPS) is 21.6. The van der Waals surface area contributed by atoms with E-state index in [9.17, 15) is 14.7 Å². The van der Waals surface area contributed by atoms with Gasteiger partial charge in [-0.25, -0.2) is 0 Å². The Hall–Kier alpha value is -2.22. The predicted octanol–water partition coefficient (Wildman–Crippen LogP) is 3.71. The zero-order valence-electron chi connectivity index (χ0n) is 16.9. The summed E-state index contributed by atoms with van der Waals surface area (Å²) in [5.41, 5.74) is -0.311. The summed E-state index contributed by atoms with van der Waals surface area (Å²) in [5, 5.41) is 11.5. The van der Waals surface area contributed by atoms with Crippen LogP contribution in [0.1, 0.15) is 41.6 Å². The number of carbonyl (C=O) groups is 2. The molecule has 0 saturated carbocycles. The highest BCUT2D eigenvalue weighted by Crippen LogP contribution is 2.44. The van der Waals surface area contributed by atoms with Crippen LogP contribution in [0.4, 0.5) is 5.69 Å². The molecule has 0 radical (unpaired) electrons. The number of fused-ring (bicyclic) bond motifs is 1. The second-order valence-electron chi connectivity index (χ2n) is 7.90. The van der Waals surface area contributed by atoms with E-state index >= 15 is 0 Å². The van der Waals surface area contributed by atoms with Crippen LogP contribution in [0.25, 0.3) is 0 Å². The molecule has 2 aromatic carbocycles. The Bertz CT molecular complexity index is 956. The Morgan fingerprint density at radius 3 is 2.50 bits per heavy atom. The fourth-order valence-electron chi connectivity index (χ4n) is 4.25. The van der Waals surface area contributed by atoms with Crippen molar-refractivity contribution >= 4 is 33.3 Å². The van der Waals surface area contributed by atoms with Crippen molar-refractivity contribution in [2.45, 2.75) is 31.3 Å². The number of benzene rings is 2. The number of ketones is 1. The van der Waals surface area contributed by atoms with E-state index in [1.54, 1.807) is 42.3 Å². The third-order valence-electron chi connectivity index (χ3n) is 5.91. The van der Waals surface area contributed by atoms with Crippen LogP contribution in [0.3, 0.4) is 0 Å². The molecule has 0 aromatic heterocycles. The fraction of sp³-hybridized carbons (Fsp3) is 0.391. The van der Waals surface area contributed by atoms with Crippen molar-refractivity contribution in [3.63, 3.8) is 0 Å². The largest absolute Gasteiger partial charge is 0.497 e. The van der Waals surface area contributed by atoms with Gasteiger partial charge in [-0.2, -0.15) is 0 Å². The van der Waals surface area contributed by atoms with E-state index in [4.69, 9.17) is 4.74 Å². The van der Waals surface area contributed by atoms with E-state index in [-0.39, 0.29) is 12.2 Å². The lowest BCUT2D eigenvalue weighted by Gasteiger charge is -2.31. The molecule has 2 aromatic rings. The molecule has 2 aliphatic heterocycles. The number of likely N-dealkylation sites (tertiary alicyclic amines) is 1. The molecule has 2 aliphatic rings. The van der Waals surface area contributed by atoms with E-state index in [0.717, 1.165) is 30.4 Å². The molecule has 1 saturated heterocycles. The Kier molecular flexibility index (Phi) is 5.95. The number of halogens is 1. The third kappa shape index (κ3) is 3.89. The van der Waals surface area contributed by atoms with Crippen molar-refractivity contribution in [2.24, 2.45) is 0 Å². The van der Waals surface area contributed by atoms with E-state index in [1.807, 2.05) is 12.1 Å². The number of aliphatic hydroxyl groups is 1. The van der Waals surface area contributed by atoms with Gasteiger partial charge in [0.05, 0.1) is 25.9 Å². The first-order chi connectivity index (χ1) is 14.4. The maximum atomic E-state index is 13.4. The third-order valence-corrected chi connectivity index (χ3v) is 6.41. The van der Waals surface area contributed by atoms with Crippen LogP contribution in [-0.4, -0.2) is 48.6 Å². The van der Waals surface area contributed by atoms with Gasteiger partial charge in [-0.05, 0) is 68.4 Å². The molecule has 0 aliphatic carbocycles. The molecule has 7 heteroatoms. The smallest absolute Gasteiger partial charge is 0.265 e. The average Bonchev–Trinajstić information content (AvgIpc) is 2.96. The number of piperidine rings is 1. The molecule has 6 nitrogen and oxygen atoms in total. The first-order valence-electron chi connectivity index (χ1n) is 10.2. The van der Waals surface area contributed by atoms with Gasteiger partial charge in [-0.1, -0.05) is 22.4 Å². The molecule has 0 unspecified atom stereocenters. The van der Waals surface area contributed by atoms with E-state index < -0.39 is 11.5 Å². The molecule has 4 rings (SSSR count). The van der Waals surface area contributed by atoms with Gasteiger partial charge in [0.15, 0.2) is 11.4 Å². The number of Topliss-reactive ketones (excluding diaryl/α,β-unsaturated/α-hetero) is 1. The molecule has 0 spiro atoms. The van der Waals surface area contributed by atoms with Crippen LogP contribution in [0.2, 0.25) is 0 Å². The number of hydrogen-bond donors (Lipinski definition) is 1. The van der Waals surface area contributed by atoms with Crippen LogP contribution < -0.4 is 9.64 Å². The lowest BCUT2D eigenvalue weighted by Crippen LogP contribution is -2.47. The van der Waals surface area contributed by atoms with Gasteiger partial charge in [-0.3, -0.25) is 19.4 Å². The predicted molar refractivity (Wildman–Crippen MR) is 118 cm³/mol. The number of hydrogen-bond acceptors (Lipinski definition) is 5. The topological polar surface area (TPSA) is 70.1 Å². The van der Waals surface area contributed by atoms with E-state index in [2.05, 4.69) is 20.8 Å². The number of anilines is 1. The summed E-state index contributed by atoms with van der Waals surface area (Å²) >= 11 is 3.43. The molecule has 158 valence electrons. The zero-order chi connectivity index (χ0) is 21.3. The van der Waals surface area contributed by atoms with Crippen LogP contribution in [-0.2, 0) is 10.4 Å². The number of methoxy groups -OCH3 is 1. The monoisotopic (exact) mass is 472 g/mol. The summed E-state index contributed by atoms with van der Waals surface area (Å²) in [6.07, 6.45) is 3.11. The second kappa shape index (κ2) is 8.49. The Balaban J connectivity index is 1.63. The van der Waals surface area contributed by atoms with Gasteiger partial charge in [0.2, 0.25) is 0 Å². The molecule has 2 heterocycles. The summed E-state index contributed by atoms with van der Waals surface area (Å²) < 4.78 is 5.89. The first kappa shape index (κ1) is 21.0. The standard InChI is InChI=1S/C23H25BrN2O4/c1-30-18-8-5-16(6-9-18)21(27)14-23(29)19-13-17(24)7-10-20(19)26(22(23)28)15-25-11-3-2-4-12-25/h5-10,13,29H,2-4,11-12,14-15H2,1H3/t23-/m1/s1. The van der Waals surface area contributed by atoms with Crippen molar-refractivity contribution < 1.29 is 19.4 Å². The lowest BCUT2D eigenvalue weighted by molar-refractivity contribution is -0.136. The van der Waals surface area contributed by atoms with Crippen LogP contribution >= 0.6 is 15.9 Å². The molecular formula is C23H25BrN2O4. The highest BCUT2D eigenvalue weighted by molar-refractivity contribution is 9.10. The maximum Gasteiger partial charge on any atom is 0.265 e. The average molecular weight is 473 g/mol. The van der Waals surface area contributed by atoms with Gasteiger partial charge in [0.1, 0.15) is 5.75 Å². The summed E-state index contributed by atoms with van der Waals surface area (Å²) in [6, 6.07) is 12.1. The van der Waals surface area contributed by atoms with Crippen molar-refractivity contribution in [3.05, 3.63) is 58.1 Å². The fourth-order valence-corrected chi connectivity index (χ4v) is 4.61. The zero-order valence-corrected chi connectivity index (χ0v) is 18.5. The number of amides is 1.